The lowest BCUT2D eigenvalue weighted by Crippen LogP contribution is -2.53. The third-order valence-electron chi connectivity index (χ3n) is 6.44. The number of carbonyl (C=O) groups excluding carboxylic acids is 2. The number of amides is 2. The summed E-state index contributed by atoms with van der Waals surface area (Å²) < 4.78 is 5.19. The predicted molar refractivity (Wildman–Crippen MR) is 119 cm³/mol. The Labute approximate surface area is 181 Å². The van der Waals surface area contributed by atoms with Gasteiger partial charge in [0.1, 0.15) is 5.75 Å². The van der Waals surface area contributed by atoms with Gasteiger partial charge in [-0.05, 0) is 63.8 Å². The molecule has 0 aromatic heterocycles. The van der Waals surface area contributed by atoms with Crippen LogP contribution in [-0.4, -0.2) is 78.4 Å². The number of piperidine rings is 1. The largest absolute Gasteiger partial charge is 0.497 e. The van der Waals surface area contributed by atoms with Gasteiger partial charge in [-0.2, -0.15) is 0 Å². The maximum Gasteiger partial charge on any atom is 0.239 e. The van der Waals surface area contributed by atoms with E-state index in [1.54, 1.807) is 7.11 Å². The van der Waals surface area contributed by atoms with Crippen molar-refractivity contribution in [3.05, 3.63) is 29.8 Å². The van der Waals surface area contributed by atoms with Crippen molar-refractivity contribution in [1.82, 2.24) is 14.7 Å². The Kier molecular flexibility index (Phi) is 8.14. The molecule has 1 aromatic carbocycles. The molecule has 0 saturated carbocycles. The molecule has 2 saturated heterocycles. The van der Waals surface area contributed by atoms with Gasteiger partial charge in [0.15, 0.2) is 0 Å². The van der Waals surface area contributed by atoms with Gasteiger partial charge in [0.05, 0.1) is 13.2 Å². The molecule has 2 fully saturated rings. The number of rotatable bonds is 6. The van der Waals surface area contributed by atoms with Gasteiger partial charge in [-0.1, -0.05) is 18.6 Å². The maximum atomic E-state index is 13.2. The van der Waals surface area contributed by atoms with Gasteiger partial charge in [-0.3, -0.25) is 14.5 Å². The van der Waals surface area contributed by atoms with Crippen molar-refractivity contribution in [2.45, 2.75) is 64.5 Å². The summed E-state index contributed by atoms with van der Waals surface area (Å²) >= 11 is 0. The number of aryl methyl sites for hydroxylation is 1. The molecule has 1 unspecified atom stereocenters. The fourth-order valence-corrected chi connectivity index (χ4v) is 4.64. The highest BCUT2D eigenvalue weighted by Gasteiger charge is 2.34. The number of hydrogen-bond acceptors (Lipinski definition) is 4. The molecule has 0 bridgehead atoms. The summed E-state index contributed by atoms with van der Waals surface area (Å²) in [6.45, 7) is 8.15. The minimum atomic E-state index is 0.0103. The Bertz CT molecular complexity index is 704. The molecule has 6 heteroatoms. The topological polar surface area (TPSA) is 53.1 Å². The summed E-state index contributed by atoms with van der Waals surface area (Å²) in [5.41, 5.74) is 1.14. The number of nitrogens with zero attached hydrogens (tertiary/aromatic N) is 3. The van der Waals surface area contributed by atoms with E-state index in [4.69, 9.17) is 4.74 Å². The van der Waals surface area contributed by atoms with Gasteiger partial charge >= 0.3 is 0 Å². The van der Waals surface area contributed by atoms with E-state index in [0.717, 1.165) is 56.6 Å². The fraction of sp³-hybridized carbons (Fsp3) is 0.667. The zero-order chi connectivity index (χ0) is 21.5. The minimum absolute atomic E-state index is 0.0103. The molecular weight excluding hydrogens is 378 g/mol. The lowest BCUT2D eigenvalue weighted by molar-refractivity contribution is -0.139. The van der Waals surface area contributed by atoms with E-state index in [9.17, 15) is 9.59 Å². The summed E-state index contributed by atoms with van der Waals surface area (Å²) in [5, 5.41) is 0. The molecular formula is C24H37N3O3. The predicted octanol–water partition coefficient (Wildman–Crippen LogP) is 2.95. The van der Waals surface area contributed by atoms with Crippen molar-refractivity contribution in [2.24, 2.45) is 0 Å². The van der Waals surface area contributed by atoms with Crippen LogP contribution in [-0.2, 0) is 16.0 Å². The van der Waals surface area contributed by atoms with Crippen LogP contribution in [0.3, 0.4) is 0 Å². The highest BCUT2D eigenvalue weighted by Crippen LogP contribution is 2.22. The molecule has 2 heterocycles. The molecule has 0 spiro atoms. The van der Waals surface area contributed by atoms with Crippen molar-refractivity contribution >= 4 is 11.8 Å². The summed E-state index contributed by atoms with van der Waals surface area (Å²) in [7, 11) is 1.65. The molecule has 0 aliphatic carbocycles. The Morgan fingerprint density at radius 1 is 0.967 bits per heavy atom. The first-order valence-electron chi connectivity index (χ1n) is 11.4. The van der Waals surface area contributed by atoms with Crippen molar-refractivity contribution in [2.75, 3.05) is 39.8 Å². The molecule has 3 rings (SSSR count). The zero-order valence-corrected chi connectivity index (χ0v) is 18.8. The molecule has 2 amide bonds. The van der Waals surface area contributed by atoms with Crippen LogP contribution in [0.25, 0.3) is 0 Å². The van der Waals surface area contributed by atoms with E-state index >= 15 is 0 Å². The number of ether oxygens (including phenoxy) is 1. The summed E-state index contributed by atoms with van der Waals surface area (Å²) in [4.78, 5) is 32.3. The van der Waals surface area contributed by atoms with Crippen LogP contribution in [0, 0.1) is 0 Å². The third kappa shape index (κ3) is 5.75. The van der Waals surface area contributed by atoms with E-state index in [1.807, 2.05) is 34.1 Å². The quantitative estimate of drug-likeness (QED) is 0.717. The van der Waals surface area contributed by atoms with Crippen LogP contribution < -0.4 is 4.74 Å². The second kappa shape index (κ2) is 10.8. The molecule has 2 aliphatic rings. The standard InChI is InChI=1S/C24H37N3O3/c1-19(2)27-16-5-4-7-22(27)24(29)26-15-6-14-25(17-18-26)23(28)13-10-20-8-11-21(30-3)12-9-20/h8-9,11-12,19,22H,4-7,10,13-18H2,1-3H3. The first-order valence-corrected chi connectivity index (χ1v) is 11.4. The number of methoxy groups -OCH3 is 1. The smallest absolute Gasteiger partial charge is 0.239 e. The fourth-order valence-electron chi connectivity index (χ4n) is 4.64. The summed E-state index contributed by atoms with van der Waals surface area (Å²) in [6, 6.07) is 8.29. The van der Waals surface area contributed by atoms with E-state index in [-0.39, 0.29) is 17.9 Å². The molecule has 1 atom stereocenters. The molecule has 2 aliphatic heterocycles. The van der Waals surface area contributed by atoms with Crippen molar-refractivity contribution in [3.63, 3.8) is 0 Å². The Balaban J connectivity index is 1.51. The Morgan fingerprint density at radius 2 is 1.67 bits per heavy atom. The van der Waals surface area contributed by atoms with Crippen LogP contribution >= 0.6 is 0 Å². The number of likely N-dealkylation sites (tertiary alicyclic amines) is 1. The van der Waals surface area contributed by atoms with Gasteiger partial charge in [-0.25, -0.2) is 0 Å². The molecule has 30 heavy (non-hydrogen) atoms. The molecule has 166 valence electrons. The summed E-state index contributed by atoms with van der Waals surface area (Å²) in [5.74, 6) is 1.27. The van der Waals surface area contributed by atoms with Gasteiger partial charge in [0.25, 0.3) is 0 Å². The normalized spacial score (nSPS) is 20.9. The summed E-state index contributed by atoms with van der Waals surface area (Å²) in [6.07, 6.45) is 5.35. The van der Waals surface area contributed by atoms with E-state index in [2.05, 4.69) is 18.7 Å². The maximum absolute atomic E-state index is 13.2. The number of benzene rings is 1. The van der Waals surface area contributed by atoms with Gasteiger partial charge in [0, 0.05) is 38.6 Å². The highest BCUT2D eigenvalue weighted by atomic mass is 16.5. The molecule has 1 aromatic rings. The van der Waals surface area contributed by atoms with Crippen LogP contribution in [0.1, 0.15) is 51.5 Å². The lowest BCUT2D eigenvalue weighted by atomic mass is 9.99. The highest BCUT2D eigenvalue weighted by molar-refractivity contribution is 5.82. The lowest BCUT2D eigenvalue weighted by Gasteiger charge is -2.39. The first kappa shape index (κ1) is 22.6. The average Bonchev–Trinajstić information content (AvgIpc) is 3.03. The number of carbonyl (C=O) groups is 2. The zero-order valence-electron chi connectivity index (χ0n) is 18.8. The van der Waals surface area contributed by atoms with Crippen LogP contribution in [0.2, 0.25) is 0 Å². The number of hydrogen-bond donors (Lipinski definition) is 0. The Hall–Kier alpha value is -2.08. The van der Waals surface area contributed by atoms with E-state index in [1.165, 1.54) is 6.42 Å². The second-order valence-electron chi connectivity index (χ2n) is 8.75. The van der Waals surface area contributed by atoms with Crippen LogP contribution in [0.4, 0.5) is 0 Å². The Morgan fingerprint density at radius 3 is 2.37 bits per heavy atom. The minimum Gasteiger partial charge on any atom is -0.497 e. The molecule has 0 N–H and O–H groups in total. The van der Waals surface area contributed by atoms with E-state index in [0.29, 0.717) is 25.6 Å². The van der Waals surface area contributed by atoms with Crippen LogP contribution in [0.5, 0.6) is 5.75 Å². The van der Waals surface area contributed by atoms with Crippen LogP contribution in [0.15, 0.2) is 24.3 Å². The first-order chi connectivity index (χ1) is 14.5. The molecule has 6 nitrogen and oxygen atoms in total. The van der Waals surface area contributed by atoms with Crippen molar-refractivity contribution in [3.8, 4) is 5.75 Å². The third-order valence-corrected chi connectivity index (χ3v) is 6.44. The monoisotopic (exact) mass is 415 g/mol. The van der Waals surface area contributed by atoms with Crippen molar-refractivity contribution in [1.29, 1.82) is 0 Å². The second-order valence-corrected chi connectivity index (χ2v) is 8.75. The molecule has 0 radical (unpaired) electrons. The van der Waals surface area contributed by atoms with Crippen molar-refractivity contribution < 1.29 is 14.3 Å². The average molecular weight is 416 g/mol. The van der Waals surface area contributed by atoms with Gasteiger partial charge in [-0.15, -0.1) is 0 Å². The van der Waals surface area contributed by atoms with E-state index < -0.39 is 0 Å². The van der Waals surface area contributed by atoms with Gasteiger partial charge in [0.2, 0.25) is 11.8 Å². The SMILES string of the molecule is COc1ccc(CCC(=O)N2CCCN(C(=O)C3CCCCN3C(C)C)CC2)cc1. The van der Waals surface area contributed by atoms with Gasteiger partial charge < -0.3 is 14.5 Å².